The number of nitrogens with one attached hydrogen (secondary N) is 2. The van der Waals surface area contributed by atoms with E-state index in [1.165, 1.54) is 5.56 Å². The minimum Gasteiger partial charge on any atom is -0.370 e. The van der Waals surface area contributed by atoms with Crippen molar-refractivity contribution < 1.29 is 0 Å². The summed E-state index contributed by atoms with van der Waals surface area (Å²) >= 11 is 0. The lowest BCUT2D eigenvalue weighted by Crippen LogP contribution is -2.35. The van der Waals surface area contributed by atoms with E-state index in [2.05, 4.69) is 49.4 Å². The topological polar surface area (TPSA) is 37.0 Å². The molecule has 2 N–H and O–H groups in total. The van der Waals surface area contributed by atoms with E-state index >= 15 is 0 Å². The van der Waals surface area contributed by atoms with Crippen LogP contribution in [0.3, 0.4) is 0 Å². The molecule has 0 unspecified atom stereocenters. The summed E-state index contributed by atoms with van der Waals surface area (Å²) < 4.78 is 0. The minimum absolute atomic E-state index is 0.153. The summed E-state index contributed by atoms with van der Waals surface area (Å²) in [7, 11) is 0. The van der Waals surface area contributed by atoms with Gasteiger partial charge in [-0.05, 0) is 39.3 Å². The Morgan fingerprint density at radius 3 is 2.47 bits per heavy atom. The van der Waals surface area contributed by atoms with E-state index < -0.39 is 0 Å². The second-order valence-corrected chi connectivity index (χ2v) is 4.69. The number of hydrogen-bond donors (Lipinski definition) is 2. The van der Waals surface area contributed by atoms with Gasteiger partial charge in [0.05, 0.1) is 0 Å². The average Bonchev–Trinajstić information content (AvgIpc) is 2.16. The van der Waals surface area contributed by atoms with Crippen molar-refractivity contribution in [1.82, 2.24) is 10.3 Å². The molecule has 0 aliphatic heterocycles. The van der Waals surface area contributed by atoms with Crippen molar-refractivity contribution in [3.05, 3.63) is 23.9 Å². The van der Waals surface area contributed by atoms with Gasteiger partial charge < -0.3 is 10.6 Å². The molecule has 15 heavy (non-hydrogen) atoms. The molecular weight excluding hydrogens is 186 g/mol. The smallest absolute Gasteiger partial charge is 0.125 e. The van der Waals surface area contributed by atoms with Crippen LogP contribution in [-0.4, -0.2) is 17.1 Å². The van der Waals surface area contributed by atoms with Crippen LogP contribution in [0.1, 0.15) is 33.3 Å². The van der Waals surface area contributed by atoms with Crippen molar-refractivity contribution in [2.75, 3.05) is 11.9 Å². The molecule has 0 saturated carbocycles. The van der Waals surface area contributed by atoms with Crippen molar-refractivity contribution in [2.24, 2.45) is 0 Å². The SMILES string of the molecule is CCNc1ccc(CNC(C)(C)C)cn1. The minimum atomic E-state index is 0.153. The zero-order chi connectivity index (χ0) is 11.3. The molecule has 3 heteroatoms. The molecule has 3 nitrogen and oxygen atoms in total. The molecule has 1 aromatic rings. The van der Waals surface area contributed by atoms with E-state index in [0.29, 0.717) is 0 Å². The number of aromatic nitrogens is 1. The van der Waals surface area contributed by atoms with Crippen molar-refractivity contribution >= 4 is 5.82 Å². The predicted molar refractivity (Wildman–Crippen MR) is 65.0 cm³/mol. The quantitative estimate of drug-likeness (QED) is 0.796. The zero-order valence-corrected chi connectivity index (χ0v) is 10.1. The molecule has 1 heterocycles. The lowest BCUT2D eigenvalue weighted by atomic mass is 10.1. The summed E-state index contributed by atoms with van der Waals surface area (Å²) in [6, 6.07) is 4.12. The summed E-state index contributed by atoms with van der Waals surface area (Å²) in [5.74, 6) is 0.942. The maximum absolute atomic E-state index is 4.32. The van der Waals surface area contributed by atoms with Crippen molar-refractivity contribution in [3.8, 4) is 0 Å². The van der Waals surface area contributed by atoms with Crippen LogP contribution in [0.15, 0.2) is 18.3 Å². The van der Waals surface area contributed by atoms with Gasteiger partial charge >= 0.3 is 0 Å². The fourth-order valence-corrected chi connectivity index (χ4v) is 1.18. The van der Waals surface area contributed by atoms with Crippen LogP contribution in [0, 0.1) is 0 Å². The maximum atomic E-state index is 4.32. The highest BCUT2D eigenvalue weighted by molar-refractivity contribution is 5.35. The third-order valence-corrected chi connectivity index (χ3v) is 2.01. The first-order valence-electron chi connectivity index (χ1n) is 5.45. The highest BCUT2D eigenvalue weighted by Crippen LogP contribution is 2.06. The Kier molecular flexibility index (Phi) is 4.09. The molecule has 0 bridgehead atoms. The van der Waals surface area contributed by atoms with E-state index in [0.717, 1.165) is 18.9 Å². The normalized spacial score (nSPS) is 11.5. The Bertz CT molecular complexity index is 285. The maximum Gasteiger partial charge on any atom is 0.125 e. The van der Waals surface area contributed by atoms with Gasteiger partial charge in [0.1, 0.15) is 5.82 Å². The van der Waals surface area contributed by atoms with Gasteiger partial charge in [-0.25, -0.2) is 4.98 Å². The largest absolute Gasteiger partial charge is 0.370 e. The van der Waals surface area contributed by atoms with Gasteiger partial charge in [0, 0.05) is 24.8 Å². The molecule has 0 spiro atoms. The molecule has 0 aliphatic carbocycles. The van der Waals surface area contributed by atoms with Crippen LogP contribution < -0.4 is 10.6 Å². The van der Waals surface area contributed by atoms with E-state index in [1.807, 2.05) is 12.3 Å². The lowest BCUT2D eigenvalue weighted by molar-refractivity contribution is 0.424. The first-order chi connectivity index (χ1) is 7.01. The fourth-order valence-electron chi connectivity index (χ4n) is 1.18. The summed E-state index contributed by atoms with van der Waals surface area (Å²) in [6.45, 7) is 10.3. The molecule has 0 saturated heterocycles. The molecule has 84 valence electrons. The summed E-state index contributed by atoms with van der Waals surface area (Å²) in [5, 5.41) is 6.60. The molecule has 0 aliphatic rings. The molecule has 0 atom stereocenters. The Morgan fingerprint density at radius 1 is 1.27 bits per heavy atom. The van der Waals surface area contributed by atoms with Crippen LogP contribution in [-0.2, 0) is 6.54 Å². The molecule has 1 aromatic heterocycles. The van der Waals surface area contributed by atoms with Gasteiger partial charge in [-0.3, -0.25) is 0 Å². The Balaban J connectivity index is 2.50. The van der Waals surface area contributed by atoms with E-state index in [-0.39, 0.29) is 5.54 Å². The van der Waals surface area contributed by atoms with E-state index in [9.17, 15) is 0 Å². The Labute approximate surface area is 92.3 Å². The van der Waals surface area contributed by atoms with Crippen LogP contribution >= 0.6 is 0 Å². The first-order valence-corrected chi connectivity index (χ1v) is 5.45. The summed E-state index contributed by atoms with van der Waals surface area (Å²) in [6.07, 6.45) is 1.91. The third kappa shape index (κ3) is 4.79. The standard InChI is InChI=1S/C12H21N3/c1-5-13-11-7-6-10(8-14-11)9-15-12(2,3)4/h6-8,15H,5,9H2,1-4H3,(H,13,14). The number of hydrogen-bond acceptors (Lipinski definition) is 3. The van der Waals surface area contributed by atoms with E-state index in [1.54, 1.807) is 0 Å². The molecular formula is C12H21N3. The first kappa shape index (κ1) is 12.0. The van der Waals surface area contributed by atoms with Gasteiger partial charge in [0.25, 0.3) is 0 Å². The van der Waals surface area contributed by atoms with Crippen LogP contribution in [0.4, 0.5) is 5.82 Å². The predicted octanol–water partition coefficient (Wildman–Crippen LogP) is 2.40. The van der Waals surface area contributed by atoms with Gasteiger partial charge in [-0.2, -0.15) is 0 Å². The molecule has 0 aromatic carbocycles. The summed E-state index contributed by atoms with van der Waals surface area (Å²) in [5.41, 5.74) is 1.37. The van der Waals surface area contributed by atoms with Crippen molar-refractivity contribution in [1.29, 1.82) is 0 Å². The summed E-state index contributed by atoms with van der Waals surface area (Å²) in [4.78, 5) is 4.32. The number of nitrogens with zero attached hydrogens (tertiary/aromatic N) is 1. The molecule has 0 radical (unpaired) electrons. The number of anilines is 1. The van der Waals surface area contributed by atoms with Gasteiger partial charge in [0.15, 0.2) is 0 Å². The fraction of sp³-hybridized carbons (Fsp3) is 0.583. The molecule has 0 amide bonds. The van der Waals surface area contributed by atoms with Gasteiger partial charge in [0.2, 0.25) is 0 Å². The van der Waals surface area contributed by atoms with Crippen LogP contribution in [0.5, 0.6) is 0 Å². The lowest BCUT2D eigenvalue weighted by Gasteiger charge is -2.20. The second-order valence-electron chi connectivity index (χ2n) is 4.69. The van der Waals surface area contributed by atoms with Crippen LogP contribution in [0.2, 0.25) is 0 Å². The number of pyridine rings is 1. The van der Waals surface area contributed by atoms with Crippen LogP contribution in [0.25, 0.3) is 0 Å². The second kappa shape index (κ2) is 5.12. The van der Waals surface area contributed by atoms with Crippen molar-refractivity contribution in [3.63, 3.8) is 0 Å². The van der Waals surface area contributed by atoms with Gasteiger partial charge in [-0.15, -0.1) is 0 Å². The van der Waals surface area contributed by atoms with Gasteiger partial charge in [-0.1, -0.05) is 6.07 Å². The third-order valence-electron chi connectivity index (χ3n) is 2.01. The Hall–Kier alpha value is -1.09. The van der Waals surface area contributed by atoms with Crippen molar-refractivity contribution in [2.45, 2.75) is 39.8 Å². The highest BCUT2D eigenvalue weighted by Gasteiger charge is 2.08. The Morgan fingerprint density at radius 2 is 2.00 bits per heavy atom. The zero-order valence-electron chi connectivity index (χ0n) is 10.1. The molecule has 1 rings (SSSR count). The number of rotatable bonds is 4. The molecule has 0 fully saturated rings. The average molecular weight is 207 g/mol. The highest BCUT2D eigenvalue weighted by atomic mass is 15.0. The van der Waals surface area contributed by atoms with E-state index in [4.69, 9.17) is 0 Å². The monoisotopic (exact) mass is 207 g/mol.